The highest BCUT2D eigenvalue weighted by atomic mass is 32.2. The zero-order chi connectivity index (χ0) is 29.9. The van der Waals surface area contributed by atoms with Crippen molar-refractivity contribution in [3.05, 3.63) is 71.7 Å². The van der Waals surface area contributed by atoms with Crippen molar-refractivity contribution in [1.82, 2.24) is 19.4 Å². The van der Waals surface area contributed by atoms with Crippen LogP contribution in [-0.4, -0.2) is 88.7 Å². The average molecular weight is 586 g/mol. The Bertz CT molecular complexity index is 1510. The summed E-state index contributed by atoms with van der Waals surface area (Å²) in [4.78, 5) is 32.4. The largest absolute Gasteiger partial charge is 0.486 e. The summed E-state index contributed by atoms with van der Waals surface area (Å²) < 4.78 is 36.8. The predicted molar refractivity (Wildman–Crippen MR) is 151 cm³/mol. The average Bonchev–Trinajstić information content (AvgIpc) is 3.38. The van der Waals surface area contributed by atoms with Gasteiger partial charge in [0.1, 0.15) is 6.10 Å². The SMILES string of the molecule is C[C@H]1CN([C@@H](C)CO)C(=O)c2cccc(NS(=O)(=O)c3cn(C)cn3)c2O[C@H]1CN(C)Cc1ccc(C(=O)O)cc1. The van der Waals surface area contributed by atoms with E-state index in [9.17, 15) is 28.2 Å². The molecule has 0 unspecified atom stereocenters. The van der Waals surface area contributed by atoms with Crippen molar-refractivity contribution in [1.29, 1.82) is 0 Å². The van der Waals surface area contributed by atoms with E-state index in [2.05, 4.69) is 9.71 Å². The molecule has 0 radical (unpaired) electrons. The van der Waals surface area contributed by atoms with E-state index < -0.39 is 28.1 Å². The smallest absolute Gasteiger partial charge is 0.335 e. The minimum absolute atomic E-state index is 0.0999. The lowest BCUT2D eigenvalue weighted by atomic mass is 9.99. The molecule has 0 aliphatic carbocycles. The molecular weight excluding hydrogens is 550 g/mol. The van der Waals surface area contributed by atoms with Crippen LogP contribution in [0, 0.1) is 5.92 Å². The summed E-state index contributed by atoms with van der Waals surface area (Å²) in [5, 5.41) is 18.9. The van der Waals surface area contributed by atoms with Crippen LogP contribution < -0.4 is 9.46 Å². The number of aromatic nitrogens is 2. The second-order valence-electron chi connectivity index (χ2n) is 10.5. The fourth-order valence-electron chi connectivity index (χ4n) is 4.70. The van der Waals surface area contributed by atoms with Gasteiger partial charge in [-0.1, -0.05) is 25.1 Å². The number of imidazole rings is 1. The van der Waals surface area contributed by atoms with Gasteiger partial charge in [0, 0.05) is 38.8 Å². The minimum atomic E-state index is -4.08. The van der Waals surface area contributed by atoms with Gasteiger partial charge in [-0.05, 0) is 43.8 Å². The van der Waals surface area contributed by atoms with Gasteiger partial charge in [0.2, 0.25) is 0 Å². The third-order valence-corrected chi connectivity index (χ3v) is 8.29. The molecule has 3 atom stereocenters. The predicted octanol–water partition coefficient (Wildman–Crippen LogP) is 2.27. The van der Waals surface area contributed by atoms with Gasteiger partial charge in [0.15, 0.2) is 10.8 Å². The molecule has 1 aliphatic rings. The molecule has 4 rings (SSSR count). The van der Waals surface area contributed by atoms with Crippen molar-refractivity contribution >= 4 is 27.6 Å². The normalized spacial score (nSPS) is 18.3. The molecule has 1 aromatic heterocycles. The van der Waals surface area contributed by atoms with Crippen LogP contribution in [0.2, 0.25) is 0 Å². The molecule has 0 saturated carbocycles. The monoisotopic (exact) mass is 585 g/mol. The number of aliphatic hydroxyl groups is 1. The van der Waals surface area contributed by atoms with E-state index in [1.807, 2.05) is 18.9 Å². The van der Waals surface area contributed by atoms with Gasteiger partial charge in [0.25, 0.3) is 15.9 Å². The number of amides is 1. The van der Waals surface area contributed by atoms with Gasteiger partial charge in [-0.15, -0.1) is 0 Å². The number of para-hydroxylation sites is 1. The summed E-state index contributed by atoms with van der Waals surface area (Å²) in [5.41, 5.74) is 1.39. The fraction of sp³-hybridized carbons (Fsp3) is 0.393. The highest BCUT2D eigenvalue weighted by molar-refractivity contribution is 7.92. The number of benzene rings is 2. The first kappa shape index (κ1) is 30.0. The number of aryl methyl sites for hydroxylation is 1. The van der Waals surface area contributed by atoms with E-state index in [-0.39, 0.29) is 46.0 Å². The zero-order valence-electron chi connectivity index (χ0n) is 23.4. The van der Waals surface area contributed by atoms with Crippen molar-refractivity contribution in [3.8, 4) is 5.75 Å². The Morgan fingerprint density at radius 3 is 2.56 bits per heavy atom. The van der Waals surface area contributed by atoms with Crippen molar-refractivity contribution < 1.29 is 33.0 Å². The van der Waals surface area contributed by atoms with E-state index in [4.69, 9.17) is 4.74 Å². The Balaban J connectivity index is 1.67. The molecule has 0 saturated heterocycles. The van der Waals surface area contributed by atoms with E-state index in [0.29, 0.717) is 19.6 Å². The number of rotatable bonds is 10. The van der Waals surface area contributed by atoms with Gasteiger partial charge in [-0.3, -0.25) is 14.4 Å². The number of hydrogen-bond acceptors (Lipinski definition) is 8. The van der Waals surface area contributed by atoms with Crippen LogP contribution in [-0.2, 0) is 23.6 Å². The zero-order valence-corrected chi connectivity index (χ0v) is 24.2. The highest BCUT2D eigenvalue weighted by Crippen LogP contribution is 2.36. The van der Waals surface area contributed by atoms with Gasteiger partial charge in [-0.25, -0.2) is 9.78 Å². The number of aliphatic hydroxyl groups excluding tert-OH is 1. The number of carbonyl (C=O) groups is 2. The number of aromatic carboxylic acids is 1. The van der Waals surface area contributed by atoms with E-state index in [1.54, 1.807) is 55.3 Å². The summed E-state index contributed by atoms with van der Waals surface area (Å²) in [7, 11) is -0.525. The second-order valence-corrected chi connectivity index (χ2v) is 12.1. The van der Waals surface area contributed by atoms with Crippen LogP contribution in [0.4, 0.5) is 5.69 Å². The van der Waals surface area contributed by atoms with Crippen molar-refractivity contribution in [2.45, 2.75) is 37.6 Å². The first-order valence-corrected chi connectivity index (χ1v) is 14.6. The maximum atomic E-state index is 13.7. The Morgan fingerprint density at radius 2 is 1.95 bits per heavy atom. The first-order chi connectivity index (χ1) is 19.4. The first-order valence-electron chi connectivity index (χ1n) is 13.1. The molecule has 3 N–H and O–H groups in total. The lowest BCUT2D eigenvalue weighted by Gasteiger charge is -2.38. The molecule has 3 aromatic rings. The van der Waals surface area contributed by atoms with Crippen LogP contribution in [0.3, 0.4) is 0 Å². The number of carbonyl (C=O) groups excluding carboxylic acids is 1. The Labute approximate surface area is 239 Å². The number of anilines is 1. The van der Waals surface area contributed by atoms with E-state index in [0.717, 1.165) is 5.56 Å². The summed E-state index contributed by atoms with van der Waals surface area (Å²) >= 11 is 0. The van der Waals surface area contributed by atoms with Crippen molar-refractivity contribution in [2.75, 3.05) is 31.5 Å². The molecule has 2 heterocycles. The minimum Gasteiger partial charge on any atom is -0.486 e. The topological polar surface area (TPSA) is 154 Å². The number of ether oxygens (including phenoxy) is 1. The second kappa shape index (κ2) is 12.3. The molecule has 41 heavy (non-hydrogen) atoms. The Hall–Kier alpha value is -3.94. The number of fused-ring (bicyclic) bond motifs is 1. The molecule has 2 aromatic carbocycles. The van der Waals surface area contributed by atoms with Crippen LogP contribution >= 0.6 is 0 Å². The molecule has 12 nitrogen and oxygen atoms in total. The van der Waals surface area contributed by atoms with Crippen LogP contribution in [0.5, 0.6) is 5.75 Å². The number of carboxylic acids is 1. The summed E-state index contributed by atoms with van der Waals surface area (Å²) in [6.07, 6.45) is 2.27. The van der Waals surface area contributed by atoms with Crippen LogP contribution in [0.25, 0.3) is 0 Å². The number of nitrogens with one attached hydrogen (secondary N) is 1. The molecule has 220 valence electrons. The number of nitrogens with zero attached hydrogens (tertiary/aromatic N) is 4. The third kappa shape index (κ3) is 6.87. The Morgan fingerprint density at radius 1 is 1.24 bits per heavy atom. The van der Waals surface area contributed by atoms with Gasteiger partial charge in [-0.2, -0.15) is 8.42 Å². The third-order valence-electron chi connectivity index (χ3n) is 7.04. The van der Waals surface area contributed by atoms with Gasteiger partial charge >= 0.3 is 5.97 Å². The molecular formula is C28H35N5O7S. The summed E-state index contributed by atoms with van der Waals surface area (Å²) in [6.45, 7) is 4.69. The van der Waals surface area contributed by atoms with Crippen LogP contribution in [0.1, 0.15) is 40.1 Å². The summed E-state index contributed by atoms with van der Waals surface area (Å²) in [6, 6.07) is 10.8. The summed E-state index contributed by atoms with van der Waals surface area (Å²) in [5.74, 6) is -1.47. The fourth-order valence-corrected chi connectivity index (χ4v) is 5.75. The van der Waals surface area contributed by atoms with Gasteiger partial charge in [0.05, 0.1) is 35.8 Å². The molecule has 1 amide bonds. The van der Waals surface area contributed by atoms with Gasteiger partial charge < -0.3 is 24.4 Å². The Kier molecular flexibility index (Phi) is 9.00. The molecule has 1 aliphatic heterocycles. The van der Waals surface area contributed by atoms with E-state index in [1.165, 1.54) is 23.2 Å². The number of sulfonamides is 1. The maximum Gasteiger partial charge on any atom is 0.335 e. The molecule has 0 bridgehead atoms. The van der Waals surface area contributed by atoms with Crippen molar-refractivity contribution in [2.24, 2.45) is 13.0 Å². The molecule has 13 heteroatoms. The number of hydrogen-bond donors (Lipinski definition) is 3. The highest BCUT2D eigenvalue weighted by Gasteiger charge is 2.35. The molecule has 0 spiro atoms. The van der Waals surface area contributed by atoms with E-state index >= 15 is 0 Å². The lowest BCUT2D eigenvalue weighted by molar-refractivity contribution is 0.0343. The molecule has 0 fully saturated rings. The number of likely N-dealkylation sites (N-methyl/N-ethyl adjacent to an activating group) is 1. The standard InChI is InChI=1S/C28H35N5O7S/c1-18-12-33(19(2)16-34)27(35)22-6-5-7-23(30-41(38,39)25-15-32(4)17-29-25)26(22)40-24(18)14-31(3)13-20-8-10-21(11-9-20)28(36)37/h5-11,15,17-19,24,30,34H,12-14,16H2,1-4H3,(H,36,37)/t18-,19-,24-/m0/s1. The maximum absolute atomic E-state index is 13.7. The van der Waals surface area contributed by atoms with Crippen LogP contribution in [0.15, 0.2) is 60.0 Å². The lowest BCUT2D eigenvalue weighted by Crippen LogP contribution is -2.49. The number of carboxylic acid groups (broad SMARTS) is 1. The quantitative estimate of drug-likeness (QED) is 0.325. The van der Waals surface area contributed by atoms with Crippen molar-refractivity contribution in [3.63, 3.8) is 0 Å².